The minimum Gasteiger partial charge on any atom is -0.448 e. The van der Waals surface area contributed by atoms with Crippen LogP contribution in [0.15, 0.2) is 52.0 Å². The molecule has 90 valence electrons. The van der Waals surface area contributed by atoms with Crippen molar-refractivity contribution in [1.29, 1.82) is 0 Å². The molecule has 0 spiro atoms. The third kappa shape index (κ3) is 1.54. The monoisotopic (exact) mass is 240 g/mol. The van der Waals surface area contributed by atoms with Gasteiger partial charge in [-0.15, -0.1) is 0 Å². The van der Waals surface area contributed by atoms with Crippen molar-refractivity contribution < 1.29 is 4.42 Å². The predicted molar refractivity (Wildman–Crippen MR) is 70.6 cm³/mol. The summed E-state index contributed by atoms with van der Waals surface area (Å²) < 4.78 is 7.09. The van der Waals surface area contributed by atoms with E-state index < -0.39 is 0 Å². The summed E-state index contributed by atoms with van der Waals surface area (Å²) in [6.07, 6.45) is 1.54. The van der Waals surface area contributed by atoms with Gasteiger partial charge in [-0.25, -0.2) is 4.98 Å². The fraction of sp³-hybridized carbons (Fsp3) is 0.143. The fourth-order valence-electron chi connectivity index (χ4n) is 2.02. The van der Waals surface area contributed by atoms with Crippen LogP contribution in [-0.2, 0) is 6.54 Å². The van der Waals surface area contributed by atoms with Gasteiger partial charge in [-0.3, -0.25) is 9.36 Å². The quantitative estimate of drug-likeness (QED) is 0.647. The smallest absolute Gasteiger partial charge is 0.297 e. The molecule has 2 heterocycles. The van der Waals surface area contributed by atoms with E-state index in [2.05, 4.69) is 11.6 Å². The molecule has 0 amide bonds. The summed E-state index contributed by atoms with van der Waals surface area (Å²) in [6, 6.07) is 7.51. The molecule has 0 N–H and O–H groups in total. The average molecular weight is 240 g/mol. The average Bonchev–Trinajstić information content (AvgIpc) is 2.72. The number of para-hydroxylation sites is 1. The summed E-state index contributed by atoms with van der Waals surface area (Å²) in [5.74, 6) is 0. The Hall–Kier alpha value is -2.36. The van der Waals surface area contributed by atoms with Gasteiger partial charge in [-0.05, 0) is 19.1 Å². The first kappa shape index (κ1) is 10.8. The van der Waals surface area contributed by atoms with Crippen LogP contribution in [0.25, 0.3) is 22.1 Å². The lowest BCUT2D eigenvalue weighted by Gasteiger charge is -2.02. The first-order valence-electron chi connectivity index (χ1n) is 5.68. The van der Waals surface area contributed by atoms with Gasteiger partial charge < -0.3 is 4.42 Å². The van der Waals surface area contributed by atoms with Gasteiger partial charge in [0.25, 0.3) is 5.56 Å². The normalized spacial score (nSPS) is 11.2. The summed E-state index contributed by atoms with van der Waals surface area (Å²) in [7, 11) is 0. The SMILES string of the molecule is C=C(C)Cn1cnc2c(oc3ccccc32)c1=O. The fourth-order valence-corrected chi connectivity index (χ4v) is 2.02. The van der Waals surface area contributed by atoms with Crippen LogP contribution in [0.1, 0.15) is 6.92 Å². The van der Waals surface area contributed by atoms with Gasteiger partial charge in [0, 0.05) is 11.9 Å². The number of rotatable bonds is 2. The van der Waals surface area contributed by atoms with Gasteiger partial charge in [-0.2, -0.15) is 0 Å². The largest absolute Gasteiger partial charge is 0.448 e. The zero-order valence-electron chi connectivity index (χ0n) is 10.0. The molecule has 2 aromatic heterocycles. The number of allylic oxidation sites excluding steroid dienone is 1. The summed E-state index contributed by atoms with van der Waals surface area (Å²) in [4.78, 5) is 16.5. The first-order chi connectivity index (χ1) is 8.66. The molecule has 0 bridgehead atoms. The van der Waals surface area contributed by atoms with E-state index in [0.29, 0.717) is 23.2 Å². The van der Waals surface area contributed by atoms with Gasteiger partial charge in [0.1, 0.15) is 11.1 Å². The second kappa shape index (κ2) is 3.84. The van der Waals surface area contributed by atoms with E-state index in [0.717, 1.165) is 11.0 Å². The standard InChI is InChI=1S/C14H12N2O2/c1-9(2)7-16-8-15-12-10-5-3-4-6-11(10)18-13(12)14(16)17/h3-6,8H,1,7H2,2H3. The molecule has 1 aromatic carbocycles. The van der Waals surface area contributed by atoms with E-state index in [1.165, 1.54) is 4.57 Å². The highest BCUT2D eigenvalue weighted by molar-refractivity contribution is 6.01. The Morgan fingerprint density at radius 3 is 3.00 bits per heavy atom. The molecule has 18 heavy (non-hydrogen) atoms. The first-order valence-corrected chi connectivity index (χ1v) is 5.68. The number of nitrogens with zero attached hydrogens (tertiary/aromatic N) is 2. The molecule has 0 fully saturated rings. The van der Waals surface area contributed by atoms with Crippen LogP contribution in [-0.4, -0.2) is 9.55 Å². The predicted octanol–water partition coefficient (Wildman–Crippen LogP) is 2.72. The minimum absolute atomic E-state index is 0.167. The zero-order valence-corrected chi connectivity index (χ0v) is 10.0. The highest BCUT2D eigenvalue weighted by atomic mass is 16.3. The van der Waals surface area contributed by atoms with Crippen molar-refractivity contribution in [2.45, 2.75) is 13.5 Å². The summed E-state index contributed by atoms with van der Waals surface area (Å²) in [5, 5.41) is 0.868. The summed E-state index contributed by atoms with van der Waals surface area (Å²) in [5.41, 5.74) is 2.34. The Balaban J connectivity index is 2.35. The van der Waals surface area contributed by atoms with Crippen LogP contribution >= 0.6 is 0 Å². The lowest BCUT2D eigenvalue weighted by molar-refractivity contribution is 0.641. The van der Waals surface area contributed by atoms with Gasteiger partial charge >= 0.3 is 0 Å². The van der Waals surface area contributed by atoms with Crippen molar-refractivity contribution in [2.24, 2.45) is 0 Å². The molecule has 0 radical (unpaired) electrons. The molecule has 0 unspecified atom stereocenters. The van der Waals surface area contributed by atoms with Gasteiger partial charge in [0.05, 0.1) is 6.33 Å². The van der Waals surface area contributed by atoms with E-state index in [4.69, 9.17) is 4.42 Å². The third-order valence-electron chi connectivity index (χ3n) is 2.79. The second-order valence-electron chi connectivity index (χ2n) is 4.41. The van der Waals surface area contributed by atoms with E-state index >= 15 is 0 Å². The lowest BCUT2D eigenvalue weighted by atomic mass is 10.2. The topological polar surface area (TPSA) is 48.0 Å². The van der Waals surface area contributed by atoms with Crippen molar-refractivity contribution in [3.63, 3.8) is 0 Å². The maximum absolute atomic E-state index is 12.2. The van der Waals surface area contributed by atoms with Crippen LogP contribution < -0.4 is 5.56 Å². The zero-order chi connectivity index (χ0) is 12.7. The van der Waals surface area contributed by atoms with E-state index in [9.17, 15) is 4.79 Å². The van der Waals surface area contributed by atoms with E-state index in [1.807, 2.05) is 31.2 Å². The summed E-state index contributed by atoms with van der Waals surface area (Å²) in [6.45, 7) is 6.12. The van der Waals surface area contributed by atoms with Crippen LogP contribution in [0.3, 0.4) is 0 Å². The molecular weight excluding hydrogens is 228 g/mol. The lowest BCUT2D eigenvalue weighted by Crippen LogP contribution is -2.20. The van der Waals surface area contributed by atoms with E-state index in [-0.39, 0.29) is 5.56 Å². The van der Waals surface area contributed by atoms with Gasteiger partial charge in [0.15, 0.2) is 0 Å². The van der Waals surface area contributed by atoms with Crippen LogP contribution in [0, 0.1) is 0 Å². The minimum atomic E-state index is -0.167. The Morgan fingerprint density at radius 2 is 2.22 bits per heavy atom. The highest BCUT2D eigenvalue weighted by Crippen LogP contribution is 2.23. The van der Waals surface area contributed by atoms with Crippen molar-refractivity contribution >= 4 is 22.1 Å². The van der Waals surface area contributed by atoms with Crippen LogP contribution in [0.4, 0.5) is 0 Å². The van der Waals surface area contributed by atoms with Crippen molar-refractivity contribution in [3.05, 3.63) is 53.1 Å². The number of aromatic nitrogens is 2. The number of hydrogen-bond donors (Lipinski definition) is 0. The van der Waals surface area contributed by atoms with E-state index in [1.54, 1.807) is 6.33 Å². The maximum atomic E-state index is 12.2. The highest BCUT2D eigenvalue weighted by Gasteiger charge is 2.12. The van der Waals surface area contributed by atoms with Crippen molar-refractivity contribution in [3.8, 4) is 0 Å². The molecule has 0 saturated heterocycles. The number of fused-ring (bicyclic) bond motifs is 3. The summed E-state index contributed by atoms with van der Waals surface area (Å²) >= 11 is 0. The third-order valence-corrected chi connectivity index (χ3v) is 2.79. The number of furan rings is 1. The number of hydrogen-bond acceptors (Lipinski definition) is 3. The molecule has 0 aliphatic heterocycles. The molecule has 0 atom stereocenters. The Labute approximate surface area is 103 Å². The molecule has 0 saturated carbocycles. The maximum Gasteiger partial charge on any atom is 0.297 e. The van der Waals surface area contributed by atoms with Crippen molar-refractivity contribution in [2.75, 3.05) is 0 Å². The van der Waals surface area contributed by atoms with Crippen LogP contribution in [0.5, 0.6) is 0 Å². The van der Waals surface area contributed by atoms with Gasteiger partial charge in [0.2, 0.25) is 5.58 Å². The molecule has 4 nitrogen and oxygen atoms in total. The Bertz CT molecular complexity index is 811. The molecule has 0 aliphatic carbocycles. The second-order valence-corrected chi connectivity index (χ2v) is 4.41. The van der Waals surface area contributed by atoms with Gasteiger partial charge in [-0.1, -0.05) is 24.3 Å². The Morgan fingerprint density at radius 1 is 1.44 bits per heavy atom. The molecule has 4 heteroatoms. The molecular formula is C14H12N2O2. The van der Waals surface area contributed by atoms with Crippen molar-refractivity contribution in [1.82, 2.24) is 9.55 Å². The Kier molecular flexibility index (Phi) is 2.30. The number of benzene rings is 1. The molecule has 3 rings (SSSR count). The molecule has 3 aromatic rings. The van der Waals surface area contributed by atoms with Crippen LogP contribution in [0.2, 0.25) is 0 Å². The molecule has 0 aliphatic rings.